The average molecular weight is 368 g/mol. The third-order valence-corrected chi connectivity index (χ3v) is 3.97. The van der Waals surface area contributed by atoms with Crippen molar-refractivity contribution in [1.29, 1.82) is 0 Å². The summed E-state index contributed by atoms with van der Waals surface area (Å²) >= 11 is 0.967. The maximum Gasteiger partial charge on any atom is 0.414 e. The fourth-order valence-electron chi connectivity index (χ4n) is 1.94. The molecule has 3 amide bonds. The highest BCUT2D eigenvalue weighted by Gasteiger charge is 2.22. The Bertz CT molecular complexity index is 836. The number of hydrogen-bond donors (Lipinski definition) is 2. The Morgan fingerprint density at radius 3 is 2.56 bits per heavy atom. The number of alkyl carbamates (subject to hydrolysis) is 1. The molecule has 0 spiro atoms. The molecular formula is C16H14F2N2O4S. The van der Waals surface area contributed by atoms with E-state index in [2.05, 4.69) is 10.1 Å². The van der Waals surface area contributed by atoms with Crippen LogP contribution in [0.2, 0.25) is 0 Å². The molecule has 25 heavy (non-hydrogen) atoms. The number of thiophene rings is 1. The van der Waals surface area contributed by atoms with Gasteiger partial charge in [0.1, 0.15) is 22.2 Å². The summed E-state index contributed by atoms with van der Waals surface area (Å²) in [6.07, 6.45) is -0.938. The zero-order chi connectivity index (χ0) is 18.6. The van der Waals surface area contributed by atoms with Crippen LogP contribution in [0.4, 0.5) is 18.6 Å². The molecule has 0 aliphatic heterocycles. The normalized spacial score (nSPS) is 10.2. The SMILES string of the molecule is CCOC(=O)NC(=O)c1ccsc1NC(=O)c1c(F)ccc(C)c1F. The van der Waals surface area contributed by atoms with Crippen molar-refractivity contribution in [3.8, 4) is 0 Å². The molecule has 0 bridgehead atoms. The van der Waals surface area contributed by atoms with Crippen LogP contribution in [0, 0.1) is 18.6 Å². The Kier molecular flexibility index (Phi) is 5.81. The zero-order valence-electron chi connectivity index (χ0n) is 13.3. The van der Waals surface area contributed by atoms with Crippen molar-refractivity contribution < 1.29 is 27.9 Å². The van der Waals surface area contributed by atoms with E-state index in [-0.39, 0.29) is 22.7 Å². The van der Waals surface area contributed by atoms with Gasteiger partial charge in [0.15, 0.2) is 0 Å². The highest BCUT2D eigenvalue weighted by atomic mass is 32.1. The van der Waals surface area contributed by atoms with Crippen LogP contribution < -0.4 is 10.6 Å². The van der Waals surface area contributed by atoms with Gasteiger partial charge in [-0.05, 0) is 36.9 Å². The predicted octanol–water partition coefficient (Wildman–Crippen LogP) is 3.47. The lowest BCUT2D eigenvalue weighted by Gasteiger charge is -2.09. The van der Waals surface area contributed by atoms with Gasteiger partial charge in [0.25, 0.3) is 11.8 Å². The number of carbonyl (C=O) groups is 3. The van der Waals surface area contributed by atoms with Gasteiger partial charge in [-0.25, -0.2) is 13.6 Å². The number of carbonyl (C=O) groups excluding carboxylic acids is 3. The fraction of sp³-hybridized carbons (Fsp3) is 0.188. The first-order valence-corrected chi connectivity index (χ1v) is 8.04. The first kappa shape index (κ1) is 18.5. The van der Waals surface area contributed by atoms with E-state index in [4.69, 9.17) is 0 Å². The quantitative estimate of drug-likeness (QED) is 0.865. The van der Waals surface area contributed by atoms with Crippen molar-refractivity contribution >= 4 is 34.2 Å². The molecule has 2 N–H and O–H groups in total. The van der Waals surface area contributed by atoms with Gasteiger partial charge in [0.2, 0.25) is 0 Å². The minimum atomic E-state index is -1.04. The molecule has 0 radical (unpaired) electrons. The smallest absolute Gasteiger partial charge is 0.414 e. The second-order valence-corrected chi connectivity index (χ2v) is 5.76. The van der Waals surface area contributed by atoms with Crippen molar-refractivity contribution in [2.24, 2.45) is 0 Å². The van der Waals surface area contributed by atoms with Crippen LogP contribution in [0.5, 0.6) is 0 Å². The molecule has 1 aromatic carbocycles. The van der Waals surface area contributed by atoms with E-state index in [9.17, 15) is 23.2 Å². The lowest BCUT2D eigenvalue weighted by Crippen LogP contribution is -2.31. The number of halogens is 2. The first-order chi connectivity index (χ1) is 11.8. The van der Waals surface area contributed by atoms with Gasteiger partial charge >= 0.3 is 6.09 Å². The third-order valence-electron chi connectivity index (χ3n) is 3.14. The molecule has 0 saturated heterocycles. The molecule has 6 nitrogen and oxygen atoms in total. The Balaban J connectivity index is 2.21. The van der Waals surface area contributed by atoms with E-state index in [0.717, 1.165) is 17.4 Å². The zero-order valence-corrected chi connectivity index (χ0v) is 14.1. The summed E-state index contributed by atoms with van der Waals surface area (Å²) in [5.41, 5.74) is -0.664. The van der Waals surface area contributed by atoms with Gasteiger partial charge in [-0.15, -0.1) is 11.3 Å². The molecule has 1 aromatic heterocycles. The molecule has 0 aliphatic rings. The number of imide groups is 1. The molecule has 0 aliphatic carbocycles. The number of aryl methyl sites for hydroxylation is 1. The van der Waals surface area contributed by atoms with E-state index in [1.165, 1.54) is 24.4 Å². The van der Waals surface area contributed by atoms with Gasteiger partial charge in [0, 0.05) is 0 Å². The minimum absolute atomic E-state index is 0.0279. The highest BCUT2D eigenvalue weighted by molar-refractivity contribution is 7.14. The second-order valence-electron chi connectivity index (χ2n) is 4.85. The number of hydrogen-bond acceptors (Lipinski definition) is 5. The van der Waals surface area contributed by atoms with Crippen molar-refractivity contribution in [1.82, 2.24) is 5.32 Å². The summed E-state index contributed by atoms with van der Waals surface area (Å²) in [4.78, 5) is 35.5. The van der Waals surface area contributed by atoms with E-state index < -0.39 is 35.1 Å². The molecule has 2 rings (SSSR count). The molecule has 0 atom stereocenters. The number of amides is 3. The summed E-state index contributed by atoms with van der Waals surface area (Å²) in [5, 5.41) is 5.80. The molecular weight excluding hydrogens is 354 g/mol. The Morgan fingerprint density at radius 1 is 1.16 bits per heavy atom. The van der Waals surface area contributed by atoms with Crippen molar-refractivity contribution in [3.63, 3.8) is 0 Å². The number of benzene rings is 1. The third kappa shape index (κ3) is 4.18. The lowest BCUT2D eigenvalue weighted by atomic mass is 10.1. The first-order valence-electron chi connectivity index (χ1n) is 7.16. The maximum atomic E-state index is 14.0. The topological polar surface area (TPSA) is 84.5 Å². The highest BCUT2D eigenvalue weighted by Crippen LogP contribution is 2.25. The van der Waals surface area contributed by atoms with Gasteiger partial charge in [-0.1, -0.05) is 6.07 Å². The fourth-order valence-corrected chi connectivity index (χ4v) is 2.72. The molecule has 0 unspecified atom stereocenters. The van der Waals surface area contributed by atoms with E-state index >= 15 is 0 Å². The second kappa shape index (κ2) is 7.84. The summed E-state index contributed by atoms with van der Waals surface area (Å²) in [5.74, 6) is -3.84. The molecule has 9 heteroatoms. The van der Waals surface area contributed by atoms with E-state index in [0.29, 0.717) is 0 Å². The van der Waals surface area contributed by atoms with Crippen LogP contribution in [0.1, 0.15) is 33.2 Å². The number of rotatable bonds is 4. The summed E-state index contributed by atoms with van der Waals surface area (Å²) in [7, 11) is 0. The van der Waals surface area contributed by atoms with Crippen LogP contribution in [-0.4, -0.2) is 24.5 Å². The Labute approximate surface area is 145 Å². The Morgan fingerprint density at radius 2 is 1.88 bits per heavy atom. The lowest BCUT2D eigenvalue weighted by molar-refractivity contribution is 0.0926. The van der Waals surface area contributed by atoms with Crippen LogP contribution in [-0.2, 0) is 4.74 Å². The summed E-state index contributed by atoms with van der Waals surface area (Å²) < 4.78 is 32.4. The van der Waals surface area contributed by atoms with Gasteiger partial charge < -0.3 is 10.1 Å². The van der Waals surface area contributed by atoms with Crippen molar-refractivity contribution in [2.75, 3.05) is 11.9 Å². The minimum Gasteiger partial charge on any atom is -0.450 e. The van der Waals surface area contributed by atoms with Crippen LogP contribution in [0.3, 0.4) is 0 Å². The van der Waals surface area contributed by atoms with Crippen molar-refractivity contribution in [3.05, 3.63) is 51.9 Å². The van der Waals surface area contributed by atoms with Crippen LogP contribution in [0.15, 0.2) is 23.6 Å². The Hall–Kier alpha value is -2.81. The summed E-state index contributed by atoms with van der Waals surface area (Å²) in [6, 6.07) is 3.55. The monoisotopic (exact) mass is 368 g/mol. The van der Waals surface area contributed by atoms with E-state index in [1.54, 1.807) is 6.92 Å². The van der Waals surface area contributed by atoms with Crippen molar-refractivity contribution in [2.45, 2.75) is 13.8 Å². The summed E-state index contributed by atoms with van der Waals surface area (Å²) in [6.45, 7) is 3.05. The van der Waals surface area contributed by atoms with E-state index in [1.807, 2.05) is 5.32 Å². The molecule has 1 heterocycles. The molecule has 2 aromatic rings. The largest absolute Gasteiger partial charge is 0.450 e. The predicted molar refractivity (Wildman–Crippen MR) is 87.9 cm³/mol. The maximum absolute atomic E-state index is 14.0. The van der Waals surface area contributed by atoms with Crippen LogP contribution >= 0.6 is 11.3 Å². The average Bonchev–Trinajstić information content (AvgIpc) is 2.99. The molecule has 132 valence electrons. The number of ether oxygens (including phenoxy) is 1. The van der Waals surface area contributed by atoms with Gasteiger partial charge in [0.05, 0.1) is 12.2 Å². The standard InChI is InChI=1S/C16H14F2N2O4S/c1-3-24-16(23)20-13(21)9-6-7-25-15(9)19-14(22)11-10(17)5-4-8(2)12(11)18/h4-7H,3H2,1-2H3,(H,19,22)(H,20,21,23). The molecule has 0 fully saturated rings. The number of nitrogens with one attached hydrogen (secondary N) is 2. The van der Waals surface area contributed by atoms with Gasteiger partial charge in [-0.3, -0.25) is 14.9 Å². The van der Waals surface area contributed by atoms with Crippen LogP contribution in [0.25, 0.3) is 0 Å². The number of anilines is 1. The molecule has 0 saturated carbocycles. The van der Waals surface area contributed by atoms with Gasteiger partial charge in [-0.2, -0.15) is 0 Å².